The zero-order valence-corrected chi connectivity index (χ0v) is 19.8. The quantitative estimate of drug-likeness (QED) is 0.446. The molecule has 2 aliphatic rings. The Balaban J connectivity index is 1.52. The van der Waals surface area contributed by atoms with Crippen molar-refractivity contribution in [2.24, 2.45) is 5.92 Å². The Morgan fingerprint density at radius 1 is 1.26 bits per heavy atom. The zero-order valence-electron chi connectivity index (χ0n) is 18.3. The van der Waals surface area contributed by atoms with Gasteiger partial charge in [0.2, 0.25) is 0 Å². The van der Waals surface area contributed by atoms with Gasteiger partial charge in [0.05, 0.1) is 28.9 Å². The van der Waals surface area contributed by atoms with Crippen LogP contribution in [-0.2, 0) is 19.5 Å². The fraction of sp³-hybridized carbons (Fsp3) is 0.476. The van der Waals surface area contributed by atoms with E-state index in [2.05, 4.69) is 31.7 Å². The lowest BCUT2D eigenvalue weighted by atomic mass is 10.0. The number of hydrogen-bond acceptors (Lipinski definition) is 4. The number of carbonyl (C=O) groups is 2. The van der Waals surface area contributed by atoms with Crippen molar-refractivity contribution >= 4 is 33.6 Å². The van der Waals surface area contributed by atoms with E-state index in [1.807, 2.05) is 0 Å². The number of anilines is 1. The van der Waals surface area contributed by atoms with Crippen LogP contribution in [0.15, 0.2) is 16.6 Å². The van der Waals surface area contributed by atoms with Crippen molar-refractivity contribution in [2.45, 2.75) is 25.9 Å². The molecule has 0 bridgehead atoms. The number of halogens is 5. The molecule has 2 aliphatic heterocycles. The molecule has 2 N–H and O–H groups in total. The minimum atomic E-state index is -2.46. The summed E-state index contributed by atoms with van der Waals surface area (Å²) in [5, 5.41) is 9.74. The van der Waals surface area contributed by atoms with Gasteiger partial charge >= 0.3 is 6.03 Å². The van der Waals surface area contributed by atoms with Crippen LogP contribution in [0, 0.1) is 17.6 Å². The average molecular weight is 547 g/mol. The number of urea groups is 1. The molecule has 1 atom stereocenters. The maximum absolute atomic E-state index is 14.1. The minimum absolute atomic E-state index is 0.0123. The Hall–Kier alpha value is -2.67. The van der Waals surface area contributed by atoms with Crippen molar-refractivity contribution in [3.63, 3.8) is 0 Å². The van der Waals surface area contributed by atoms with Gasteiger partial charge in [0.1, 0.15) is 17.3 Å². The van der Waals surface area contributed by atoms with Crippen molar-refractivity contribution in [1.29, 1.82) is 0 Å². The summed E-state index contributed by atoms with van der Waals surface area (Å²) in [5.41, 5.74) is 1.49. The Bertz CT molecular complexity index is 1110. The Morgan fingerprint density at radius 2 is 2.03 bits per heavy atom. The third kappa shape index (κ3) is 5.04. The van der Waals surface area contributed by atoms with Crippen LogP contribution in [0.3, 0.4) is 0 Å². The standard InChI is InChI=1S/C21H23BrF4N6O2/c1-30-8-11(6-27-7-18(25)26)9-32-19(20(30)33)12-10-31(3-2-16(12)29-32)21(34)28-17-4-13(22)14(23)5-15(17)24/h4-5,11,18,27H,2-3,6-10H2,1H3,(H,28,34)/t11-/m0/s1. The van der Waals surface area contributed by atoms with E-state index < -0.39 is 30.6 Å². The van der Waals surface area contributed by atoms with Gasteiger partial charge < -0.3 is 20.4 Å². The summed E-state index contributed by atoms with van der Waals surface area (Å²) in [7, 11) is 1.64. The van der Waals surface area contributed by atoms with Crippen molar-refractivity contribution in [3.8, 4) is 0 Å². The average Bonchev–Trinajstić information content (AvgIpc) is 3.07. The molecule has 0 radical (unpaired) electrons. The summed E-state index contributed by atoms with van der Waals surface area (Å²) in [5.74, 6) is -2.07. The Labute approximate surface area is 201 Å². The third-order valence-electron chi connectivity index (χ3n) is 5.88. The normalized spacial score (nSPS) is 18.1. The largest absolute Gasteiger partial charge is 0.340 e. The predicted octanol–water partition coefficient (Wildman–Crippen LogP) is 3.07. The molecule has 8 nitrogen and oxygen atoms in total. The molecule has 3 amide bonds. The van der Waals surface area contributed by atoms with E-state index in [1.54, 1.807) is 11.7 Å². The molecule has 13 heteroatoms. The number of carbonyl (C=O) groups excluding carboxylic acids is 2. The van der Waals surface area contributed by atoms with Gasteiger partial charge in [-0.15, -0.1) is 0 Å². The maximum Gasteiger partial charge on any atom is 0.322 e. The van der Waals surface area contributed by atoms with E-state index in [1.165, 1.54) is 9.80 Å². The second-order valence-electron chi connectivity index (χ2n) is 8.40. The molecule has 0 spiro atoms. The summed E-state index contributed by atoms with van der Waals surface area (Å²) in [6.45, 7) is 1.01. The molecule has 0 aliphatic carbocycles. The van der Waals surface area contributed by atoms with Crippen LogP contribution in [0.5, 0.6) is 0 Å². The zero-order chi connectivity index (χ0) is 24.6. The highest BCUT2D eigenvalue weighted by Crippen LogP contribution is 2.28. The van der Waals surface area contributed by atoms with E-state index in [0.717, 1.165) is 6.07 Å². The van der Waals surface area contributed by atoms with Crippen LogP contribution in [0.25, 0.3) is 0 Å². The Morgan fingerprint density at radius 3 is 2.76 bits per heavy atom. The number of benzene rings is 1. The number of amides is 3. The van der Waals surface area contributed by atoms with Gasteiger partial charge in [-0.1, -0.05) is 0 Å². The first-order chi connectivity index (χ1) is 16.1. The fourth-order valence-corrected chi connectivity index (χ4v) is 4.61. The maximum atomic E-state index is 14.1. The smallest absolute Gasteiger partial charge is 0.322 e. The Kier molecular flexibility index (Phi) is 7.12. The van der Waals surface area contributed by atoms with Crippen molar-refractivity contribution in [1.82, 2.24) is 24.9 Å². The summed E-state index contributed by atoms with van der Waals surface area (Å²) >= 11 is 2.97. The molecule has 2 aromatic rings. The highest BCUT2D eigenvalue weighted by atomic mass is 79.9. The molecule has 0 unspecified atom stereocenters. The summed E-state index contributed by atoms with van der Waals surface area (Å²) in [4.78, 5) is 28.9. The van der Waals surface area contributed by atoms with Crippen molar-refractivity contribution < 1.29 is 27.2 Å². The predicted molar refractivity (Wildman–Crippen MR) is 119 cm³/mol. The molecule has 4 rings (SSSR count). The molecular formula is C21H23BrF4N6O2. The number of fused-ring (bicyclic) bond motifs is 3. The topological polar surface area (TPSA) is 82.5 Å². The SMILES string of the molecule is CN1C[C@H](CNCC(F)F)Cn2nc3c(c2C1=O)CN(C(=O)Nc1cc(Br)c(F)cc1F)CC3. The van der Waals surface area contributed by atoms with Crippen LogP contribution < -0.4 is 10.6 Å². The van der Waals surface area contributed by atoms with Crippen molar-refractivity contribution in [2.75, 3.05) is 38.5 Å². The van der Waals surface area contributed by atoms with E-state index in [4.69, 9.17) is 0 Å². The first kappa shape index (κ1) is 24.5. The second kappa shape index (κ2) is 9.90. The van der Waals surface area contributed by atoms with E-state index in [0.29, 0.717) is 55.6 Å². The summed E-state index contributed by atoms with van der Waals surface area (Å²) in [6.07, 6.45) is -2.07. The molecular weight excluding hydrogens is 524 g/mol. The molecule has 34 heavy (non-hydrogen) atoms. The van der Waals surface area contributed by atoms with E-state index >= 15 is 0 Å². The van der Waals surface area contributed by atoms with Crippen LogP contribution >= 0.6 is 15.9 Å². The van der Waals surface area contributed by atoms with Gasteiger partial charge in [-0.25, -0.2) is 22.4 Å². The highest BCUT2D eigenvalue weighted by molar-refractivity contribution is 9.10. The van der Waals surface area contributed by atoms with Gasteiger partial charge in [0.25, 0.3) is 12.3 Å². The second-order valence-corrected chi connectivity index (χ2v) is 9.26. The molecule has 0 fully saturated rings. The lowest BCUT2D eigenvalue weighted by molar-refractivity contribution is 0.0776. The number of aromatic nitrogens is 2. The number of nitrogens with one attached hydrogen (secondary N) is 2. The summed E-state index contributed by atoms with van der Waals surface area (Å²) in [6, 6.07) is 1.23. The molecule has 1 aromatic carbocycles. The number of alkyl halides is 2. The lowest BCUT2D eigenvalue weighted by Crippen LogP contribution is -2.40. The monoisotopic (exact) mass is 546 g/mol. The number of nitrogens with zero attached hydrogens (tertiary/aromatic N) is 4. The minimum Gasteiger partial charge on any atom is -0.340 e. The molecule has 184 valence electrons. The van der Waals surface area contributed by atoms with Gasteiger partial charge in [-0.2, -0.15) is 5.10 Å². The van der Waals surface area contributed by atoms with Crippen molar-refractivity contribution in [3.05, 3.63) is 45.2 Å². The van der Waals surface area contributed by atoms with Gasteiger partial charge in [-0.05, 0) is 22.0 Å². The van der Waals surface area contributed by atoms with E-state index in [-0.39, 0.29) is 28.5 Å². The third-order valence-corrected chi connectivity index (χ3v) is 6.49. The molecule has 1 aromatic heterocycles. The highest BCUT2D eigenvalue weighted by Gasteiger charge is 2.34. The van der Waals surface area contributed by atoms with Gasteiger partial charge in [-0.3, -0.25) is 9.48 Å². The lowest BCUT2D eigenvalue weighted by Gasteiger charge is -2.27. The number of rotatable bonds is 5. The molecule has 3 heterocycles. The number of hydrogen-bond donors (Lipinski definition) is 2. The molecule has 0 saturated carbocycles. The first-order valence-electron chi connectivity index (χ1n) is 10.7. The van der Waals surface area contributed by atoms with Gasteiger partial charge in [0, 0.05) is 57.2 Å². The summed E-state index contributed by atoms with van der Waals surface area (Å²) < 4.78 is 54.1. The van der Waals surface area contributed by atoms with Crippen LogP contribution in [0.1, 0.15) is 21.7 Å². The van der Waals surface area contributed by atoms with Gasteiger partial charge in [0.15, 0.2) is 0 Å². The van der Waals surface area contributed by atoms with Crippen LogP contribution in [-0.4, -0.2) is 71.2 Å². The fourth-order valence-electron chi connectivity index (χ4n) is 4.26. The van der Waals surface area contributed by atoms with Crippen LogP contribution in [0.2, 0.25) is 0 Å². The molecule has 0 saturated heterocycles. The van der Waals surface area contributed by atoms with E-state index in [9.17, 15) is 27.2 Å². The first-order valence-corrected chi connectivity index (χ1v) is 11.5. The van der Waals surface area contributed by atoms with Crippen LogP contribution in [0.4, 0.5) is 28.0 Å².